The molecule has 0 radical (unpaired) electrons. The Bertz CT molecular complexity index is 1860. The molecule has 2 aliphatic heterocycles. The summed E-state index contributed by atoms with van der Waals surface area (Å²) in [5.74, 6) is 1.41. The third kappa shape index (κ3) is 4.93. The van der Waals surface area contributed by atoms with Gasteiger partial charge in [0.1, 0.15) is 17.6 Å². The highest BCUT2D eigenvalue weighted by Gasteiger charge is 2.36. The lowest BCUT2D eigenvalue weighted by Crippen LogP contribution is -2.40. The Balaban J connectivity index is 1.56. The number of aromatic nitrogens is 1. The van der Waals surface area contributed by atoms with E-state index in [0.717, 1.165) is 47.1 Å². The molecule has 0 unspecified atom stereocenters. The van der Waals surface area contributed by atoms with Crippen LogP contribution in [0.3, 0.4) is 0 Å². The van der Waals surface area contributed by atoms with Crippen molar-refractivity contribution in [2.45, 2.75) is 39.2 Å². The minimum Gasteiger partial charge on any atom is -0.496 e. The number of thiazole rings is 1. The Kier molecular flexibility index (Phi) is 7.61. The minimum absolute atomic E-state index is 0.201. The Hall–Kier alpha value is -3.63. The van der Waals surface area contributed by atoms with Crippen molar-refractivity contribution >= 4 is 56.0 Å². The fourth-order valence-electron chi connectivity index (χ4n) is 5.69. The van der Waals surface area contributed by atoms with E-state index in [9.17, 15) is 9.59 Å². The third-order valence-corrected chi connectivity index (χ3v) is 9.10. The van der Waals surface area contributed by atoms with Gasteiger partial charge in [-0.15, -0.1) is 0 Å². The maximum absolute atomic E-state index is 14.2. The van der Waals surface area contributed by atoms with Crippen LogP contribution in [0.2, 0.25) is 0 Å². The van der Waals surface area contributed by atoms with Crippen LogP contribution in [0.25, 0.3) is 16.8 Å². The van der Waals surface area contributed by atoms with E-state index < -0.39 is 12.0 Å². The van der Waals surface area contributed by atoms with E-state index in [1.807, 2.05) is 42.5 Å². The number of esters is 1. The summed E-state index contributed by atoms with van der Waals surface area (Å²) in [6.07, 6.45) is 5.23. The summed E-state index contributed by atoms with van der Waals surface area (Å²) in [4.78, 5) is 35.0. The number of benzene rings is 2. The maximum atomic E-state index is 14.2. The molecule has 2 aromatic heterocycles. The molecular weight excluding hydrogens is 606 g/mol. The number of allylic oxidation sites excluding steroid dienone is 1. The van der Waals surface area contributed by atoms with Gasteiger partial charge in [-0.25, -0.2) is 9.79 Å². The SMILES string of the molecule is CCOC(=O)C1=C(C)N=c2s/c(=C/c3cc(Br)c(N4CCCCC4)o3)c(=O)n2[C@@H]1c1c(OC)ccc2ccccc12. The average molecular weight is 637 g/mol. The van der Waals surface area contributed by atoms with Crippen molar-refractivity contribution in [2.24, 2.45) is 4.99 Å². The first-order chi connectivity index (χ1) is 19.9. The molecule has 0 bridgehead atoms. The molecule has 1 saturated heterocycles. The van der Waals surface area contributed by atoms with Crippen LogP contribution < -0.4 is 24.5 Å². The van der Waals surface area contributed by atoms with Crippen molar-refractivity contribution in [1.29, 1.82) is 0 Å². The fraction of sp³-hybridized carbons (Fsp3) is 0.323. The van der Waals surface area contributed by atoms with Gasteiger partial charge in [-0.05, 0) is 65.9 Å². The molecule has 6 rings (SSSR count). The lowest BCUT2D eigenvalue weighted by atomic mass is 9.90. The third-order valence-electron chi connectivity index (χ3n) is 7.55. The molecule has 0 N–H and O–H groups in total. The molecule has 0 aliphatic carbocycles. The number of fused-ring (bicyclic) bond motifs is 2. The normalized spacial score (nSPS) is 17.5. The minimum atomic E-state index is -0.791. The van der Waals surface area contributed by atoms with E-state index in [4.69, 9.17) is 18.9 Å². The van der Waals surface area contributed by atoms with Gasteiger partial charge >= 0.3 is 5.97 Å². The van der Waals surface area contributed by atoms with Gasteiger partial charge in [-0.1, -0.05) is 41.7 Å². The molecule has 0 spiro atoms. The van der Waals surface area contributed by atoms with Crippen molar-refractivity contribution in [3.63, 3.8) is 0 Å². The van der Waals surface area contributed by atoms with Gasteiger partial charge in [-0.2, -0.15) is 0 Å². The number of rotatable bonds is 6. The number of piperidine rings is 1. The summed E-state index contributed by atoms with van der Waals surface area (Å²) >= 11 is 4.91. The summed E-state index contributed by atoms with van der Waals surface area (Å²) in [6.45, 7) is 5.62. The second-order valence-electron chi connectivity index (χ2n) is 10.1. The number of hydrogen-bond acceptors (Lipinski definition) is 8. The molecule has 1 fully saturated rings. The summed E-state index contributed by atoms with van der Waals surface area (Å²) < 4.78 is 20.4. The molecule has 2 aromatic carbocycles. The number of halogens is 1. The summed E-state index contributed by atoms with van der Waals surface area (Å²) in [7, 11) is 1.59. The Morgan fingerprint density at radius 2 is 1.98 bits per heavy atom. The van der Waals surface area contributed by atoms with Crippen LogP contribution >= 0.6 is 27.3 Å². The predicted octanol–water partition coefficient (Wildman–Crippen LogP) is 5.31. The van der Waals surface area contributed by atoms with Crippen molar-refractivity contribution in [3.05, 3.63) is 89.2 Å². The summed E-state index contributed by atoms with van der Waals surface area (Å²) in [5, 5.41) is 1.85. The van der Waals surface area contributed by atoms with Gasteiger partial charge in [0.05, 0.1) is 34.0 Å². The first kappa shape index (κ1) is 27.5. The first-order valence-electron chi connectivity index (χ1n) is 13.7. The lowest BCUT2D eigenvalue weighted by molar-refractivity contribution is -0.139. The van der Waals surface area contributed by atoms with Gasteiger partial charge in [0.15, 0.2) is 4.80 Å². The zero-order valence-electron chi connectivity index (χ0n) is 23.1. The van der Waals surface area contributed by atoms with Crippen LogP contribution in [0, 0.1) is 0 Å². The number of hydrogen-bond donors (Lipinski definition) is 0. The number of ether oxygens (including phenoxy) is 2. The fourth-order valence-corrected chi connectivity index (χ4v) is 7.27. The van der Waals surface area contributed by atoms with Gasteiger partial charge in [0.2, 0.25) is 5.88 Å². The first-order valence-corrected chi connectivity index (χ1v) is 15.3. The molecule has 0 amide bonds. The zero-order chi connectivity index (χ0) is 28.7. The summed E-state index contributed by atoms with van der Waals surface area (Å²) in [6, 6.07) is 12.8. The average Bonchev–Trinajstić information content (AvgIpc) is 3.50. The molecule has 41 heavy (non-hydrogen) atoms. The predicted molar refractivity (Wildman–Crippen MR) is 163 cm³/mol. The van der Waals surface area contributed by atoms with Crippen molar-refractivity contribution in [3.8, 4) is 5.75 Å². The standard InChI is InChI=1S/C31H30BrN3O5S/c1-4-39-30(37)25-18(2)33-31-35(27(25)26-21-11-7-6-10-19(21)12-13-23(26)38-3)28(36)24(41-31)17-20-16-22(32)29(40-20)34-14-8-5-9-15-34/h6-7,10-13,16-17,27H,4-5,8-9,14-15H2,1-3H3/b24-17+/t27-/m0/s1. The summed E-state index contributed by atoms with van der Waals surface area (Å²) in [5.41, 5.74) is 1.26. The molecular formula is C31H30BrN3O5S. The molecule has 2 aliphatic rings. The number of carbonyl (C=O) groups is 1. The van der Waals surface area contributed by atoms with Crippen LogP contribution in [0.4, 0.5) is 5.88 Å². The number of carbonyl (C=O) groups excluding carboxylic acids is 1. The second kappa shape index (κ2) is 11.3. The van der Waals surface area contributed by atoms with E-state index in [2.05, 4.69) is 20.8 Å². The number of nitrogens with zero attached hydrogens (tertiary/aromatic N) is 3. The monoisotopic (exact) mass is 635 g/mol. The maximum Gasteiger partial charge on any atom is 0.338 e. The number of methoxy groups -OCH3 is 1. The zero-order valence-corrected chi connectivity index (χ0v) is 25.5. The molecule has 4 aromatic rings. The highest BCUT2D eigenvalue weighted by Crippen LogP contribution is 2.40. The van der Waals surface area contributed by atoms with Gasteiger partial charge < -0.3 is 18.8 Å². The van der Waals surface area contributed by atoms with Gasteiger partial charge in [-0.3, -0.25) is 9.36 Å². The van der Waals surface area contributed by atoms with Gasteiger partial charge in [0, 0.05) is 30.8 Å². The van der Waals surface area contributed by atoms with Crippen molar-refractivity contribution in [2.75, 3.05) is 31.7 Å². The molecule has 4 heterocycles. The second-order valence-corrected chi connectivity index (χ2v) is 11.9. The van der Waals surface area contributed by atoms with Crippen LogP contribution in [0.1, 0.15) is 50.5 Å². The quantitative estimate of drug-likeness (QED) is 0.267. The number of furan rings is 1. The smallest absolute Gasteiger partial charge is 0.338 e. The van der Waals surface area contributed by atoms with Crippen LogP contribution in [-0.2, 0) is 9.53 Å². The molecule has 212 valence electrons. The van der Waals surface area contributed by atoms with Crippen LogP contribution in [0.15, 0.2) is 72.4 Å². The van der Waals surface area contributed by atoms with E-state index >= 15 is 0 Å². The Morgan fingerprint density at radius 3 is 2.73 bits per heavy atom. The highest BCUT2D eigenvalue weighted by molar-refractivity contribution is 9.10. The Morgan fingerprint density at radius 1 is 1.20 bits per heavy atom. The van der Waals surface area contributed by atoms with E-state index in [1.54, 1.807) is 31.6 Å². The Labute approximate surface area is 249 Å². The van der Waals surface area contributed by atoms with E-state index in [1.165, 1.54) is 17.8 Å². The molecule has 8 nitrogen and oxygen atoms in total. The molecule has 10 heteroatoms. The highest BCUT2D eigenvalue weighted by atomic mass is 79.9. The molecule has 0 saturated carbocycles. The molecule has 1 atom stereocenters. The van der Waals surface area contributed by atoms with Gasteiger partial charge in [0.25, 0.3) is 5.56 Å². The topological polar surface area (TPSA) is 86.3 Å². The lowest BCUT2D eigenvalue weighted by Gasteiger charge is -2.27. The van der Waals surface area contributed by atoms with Crippen molar-refractivity contribution in [1.82, 2.24) is 4.57 Å². The van der Waals surface area contributed by atoms with Crippen LogP contribution in [0.5, 0.6) is 5.75 Å². The van der Waals surface area contributed by atoms with E-state index in [-0.39, 0.29) is 12.2 Å². The van der Waals surface area contributed by atoms with Crippen molar-refractivity contribution < 1.29 is 18.7 Å². The van der Waals surface area contributed by atoms with Crippen LogP contribution in [-0.4, -0.2) is 37.3 Å². The van der Waals surface area contributed by atoms with E-state index in [0.29, 0.717) is 37.7 Å². The largest absolute Gasteiger partial charge is 0.496 e. The number of anilines is 1.